The number of aromatic hydroxyl groups is 1. The molecule has 0 atom stereocenters. The van der Waals surface area contributed by atoms with Gasteiger partial charge in [0, 0.05) is 12.0 Å². The summed E-state index contributed by atoms with van der Waals surface area (Å²) in [7, 11) is 0. The topological polar surface area (TPSA) is 66.8 Å². The number of hydrogen-bond donors (Lipinski definition) is 2. The van der Waals surface area contributed by atoms with Gasteiger partial charge in [-0.3, -0.25) is 4.79 Å². The highest BCUT2D eigenvalue weighted by atomic mass is 16.6. The molecule has 0 aromatic heterocycles. The number of Topliss-reactive ketones (excluding diaryl/α,β-unsaturated/α-hetero) is 1. The Hall–Kier alpha value is -1.55. The lowest BCUT2D eigenvalue weighted by molar-refractivity contribution is 0.0970. The smallest absolute Gasteiger partial charge is 0.186 e. The quantitative estimate of drug-likeness (QED) is 0.605. The van der Waals surface area contributed by atoms with Crippen LogP contribution in [0.5, 0.6) is 11.5 Å². The Labute approximate surface area is 94.5 Å². The lowest BCUT2D eigenvalue weighted by Gasteiger charge is -2.13. The maximum absolute atomic E-state index is 11.6. The van der Waals surface area contributed by atoms with Gasteiger partial charge < -0.3 is 14.9 Å². The second-order valence-corrected chi connectivity index (χ2v) is 3.59. The summed E-state index contributed by atoms with van der Waals surface area (Å²) in [6.07, 6.45) is 0.341. The molecule has 0 fully saturated rings. The van der Waals surface area contributed by atoms with E-state index in [1.54, 1.807) is 26.8 Å². The molecule has 2 N–H and O–H groups in total. The van der Waals surface area contributed by atoms with Crippen LogP contribution in [0.15, 0.2) is 6.07 Å². The van der Waals surface area contributed by atoms with Crippen LogP contribution in [0.4, 0.5) is 0 Å². The van der Waals surface area contributed by atoms with E-state index in [1.165, 1.54) is 0 Å². The first-order valence-electron chi connectivity index (χ1n) is 5.12. The Bertz CT molecular complexity index is 410. The fraction of sp³-hybridized carbons (Fsp3) is 0.417. The Morgan fingerprint density at radius 3 is 2.56 bits per heavy atom. The number of aliphatic hydroxyl groups excluding tert-OH is 1. The summed E-state index contributed by atoms with van der Waals surface area (Å²) in [6, 6.07) is 1.65. The molecule has 0 spiro atoms. The zero-order valence-electron chi connectivity index (χ0n) is 9.70. The van der Waals surface area contributed by atoms with E-state index in [0.717, 1.165) is 0 Å². The van der Waals surface area contributed by atoms with Gasteiger partial charge in [0.1, 0.15) is 11.5 Å². The van der Waals surface area contributed by atoms with Gasteiger partial charge in [0.25, 0.3) is 0 Å². The summed E-state index contributed by atoms with van der Waals surface area (Å²) in [5, 5.41) is 18.6. The van der Waals surface area contributed by atoms with Crippen molar-refractivity contribution < 1.29 is 19.7 Å². The highest BCUT2D eigenvalue weighted by Crippen LogP contribution is 2.34. The number of hydrogen-bond acceptors (Lipinski definition) is 4. The third-order valence-electron chi connectivity index (χ3n) is 2.52. The first kappa shape index (κ1) is 12.5. The number of benzene rings is 1. The van der Waals surface area contributed by atoms with Gasteiger partial charge in [-0.15, -0.1) is 0 Å². The molecule has 0 aliphatic rings. The van der Waals surface area contributed by atoms with E-state index in [1.807, 2.05) is 0 Å². The van der Waals surface area contributed by atoms with Crippen molar-refractivity contribution in [3.63, 3.8) is 0 Å². The molecule has 1 rings (SSSR count). The molecule has 0 saturated carbocycles. The van der Waals surface area contributed by atoms with Gasteiger partial charge >= 0.3 is 0 Å². The van der Waals surface area contributed by atoms with Crippen molar-refractivity contribution in [2.75, 3.05) is 6.79 Å². The summed E-state index contributed by atoms with van der Waals surface area (Å²) < 4.78 is 4.95. The highest BCUT2D eigenvalue weighted by molar-refractivity contribution is 6.00. The highest BCUT2D eigenvalue weighted by Gasteiger charge is 2.18. The largest absolute Gasteiger partial charge is 0.507 e. The Balaban J connectivity index is 3.34. The molecule has 4 heteroatoms. The fourth-order valence-corrected chi connectivity index (χ4v) is 1.62. The van der Waals surface area contributed by atoms with E-state index >= 15 is 0 Å². The Kier molecular flexibility index (Phi) is 3.90. The molecule has 16 heavy (non-hydrogen) atoms. The summed E-state index contributed by atoms with van der Waals surface area (Å²) in [6.45, 7) is 4.66. The van der Waals surface area contributed by atoms with Crippen LogP contribution in [0, 0.1) is 13.8 Å². The number of rotatable bonds is 4. The first-order chi connectivity index (χ1) is 7.52. The van der Waals surface area contributed by atoms with Crippen LogP contribution in [0.2, 0.25) is 0 Å². The minimum atomic E-state index is -0.458. The maximum Gasteiger partial charge on any atom is 0.186 e. The second kappa shape index (κ2) is 4.99. The molecule has 88 valence electrons. The number of ether oxygens (including phenoxy) is 1. The van der Waals surface area contributed by atoms with Gasteiger partial charge in [0.15, 0.2) is 12.6 Å². The van der Waals surface area contributed by atoms with Crippen LogP contribution in [0.25, 0.3) is 0 Å². The zero-order valence-corrected chi connectivity index (χ0v) is 9.70. The lowest BCUT2D eigenvalue weighted by atomic mass is 9.98. The Morgan fingerprint density at radius 1 is 1.44 bits per heavy atom. The lowest BCUT2D eigenvalue weighted by Crippen LogP contribution is -2.04. The monoisotopic (exact) mass is 224 g/mol. The third-order valence-corrected chi connectivity index (χ3v) is 2.52. The summed E-state index contributed by atoms with van der Waals surface area (Å²) in [5.74, 6) is 0.231. The zero-order chi connectivity index (χ0) is 12.3. The van der Waals surface area contributed by atoms with E-state index in [4.69, 9.17) is 9.84 Å². The molecular weight excluding hydrogens is 208 g/mol. The van der Waals surface area contributed by atoms with E-state index < -0.39 is 6.79 Å². The molecule has 1 aromatic rings. The van der Waals surface area contributed by atoms with Gasteiger partial charge in [-0.05, 0) is 25.5 Å². The fourth-order valence-electron chi connectivity index (χ4n) is 1.62. The van der Waals surface area contributed by atoms with Gasteiger partial charge in [-0.25, -0.2) is 0 Å². The molecule has 1 aromatic carbocycles. The van der Waals surface area contributed by atoms with Gasteiger partial charge in [-0.1, -0.05) is 6.92 Å². The van der Waals surface area contributed by atoms with Crippen molar-refractivity contribution in [2.45, 2.75) is 27.2 Å². The molecule has 0 bridgehead atoms. The molecule has 0 aliphatic heterocycles. The molecule has 0 radical (unpaired) electrons. The average molecular weight is 224 g/mol. The molecule has 0 unspecified atom stereocenters. The summed E-state index contributed by atoms with van der Waals surface area (Å²) >= 11 is 0. The predicted molar refractivity (Wildman–Crippen MR) is 59.9 cm³/mol. The number of ketones is 1. The normalized spacial score (nSPS) is 10.2. The summed E-state index contributed by atoms with van der Waals surface area (Å²) in [5.41, 5.74) is 1.46. The van der Waals surface area contributed by atoms with E-state index in [9.17, 15) is 9.90 Å². The van der Waals surface area contributed by atoms with Crippen LogP contribution in [-0.4, -0.2) is 22.8 Å². The van der Waals surface area contributed by atoms with Crippen molar-refractivity contribution in [1.82, 2.24) is 0 Å². The second-order valence-electron chi connectivity index (χ2n) is 3.59. The van der Waals surface area contributed by atoms with Crippen molar-refractivity contribution >= 4 is 5.78 Å². The molecular formula is C12H16O4. The average Bonchev–Trinajstić information content (AvgIpc) is 2.25. The van der Waals surface area contributed by atoms with Crippen molar-refractivity contribution in [3.8, 4) is 11.5 Å². The molecule has 0 amide bonds. The number of carbonyl (C=O) groups excluding carboxylic acids is 1. The molecule has 4 nitrogen and oxygen atoms in total. The van der Waals surface area contributed by atoms with E-state index in [-0.39, 0.29) is 11.5 Å². The number of phenolic OH excluding ortho intramolecular Hbond substituents is 1. The van der Waals surface area contributed by atoms with Gasteiger partial charge in [0.05, 0.1) is 5.56 Å². The van der Waals surface area contributed by atoms with Crippen LogP contribution >= 0.6 is 0 Å². The van der Waals surface area contributed by atoms with E-state index in [0.29, 0.717) is 28.9 Å². The SMILES string of the molecule is CCC(=O)c1c(C)cc(OCO)c(C)c1O. The van der Waals surface area contributed by atoms with Crippen LogP contribution in [0.1, 0.15) is 34.8 Å². The van der Waals surface area contributed by atoms with E-state index in [2.05, 4.69) is 0 Å². The van der Waals surface area contributed by atoms with Crippen molar-refractivity contribution in [3.05, 3.63) is 22.8 Å². The first-order valence-corrected chi connectivity index (χ1v) is 5.12. The van der Waals surface area contributed by atoms with Crippen LogP contribution < -0.4 is 4.74 Å². The minimum Gasteiger partial charge on any atom is -0.507 e. The summed E-state index contributed by atoms with van der Waals surface area (Å²) in [4.78, 5) is 11.6. The molecule has 0 saturated heterocycles. The number of aryl methyl sites for hydroxylation is 1. The standard InChI is InChI=1S/C12H16O4/c1-4-9(14)11-7(2)5-10(16-6-13)8(3)12(11)15/h5,13,15H,4,6H2,1-3H3. The predicted octanol–water partition coefficient (Wildman–Crippen LogP) is 1.93. The van der Waals surface area contributed by atoms with Gasteiger partial charge in [0.2, 0.25) is 0 Å². The van der Waals surface area contributed by atoms with Crippen molar-refractivity contribution in [1.29, 1.82) is 0 Å². The Morgan fingerprint density at radius 2 is 2.06 bits per heavy atom. The molecule has 0 heterocycles. The van der Waals surface area contributed by atoms with Gasteiger partial charge in [-0.2, -0.15) is 0 Å². The number of aliphatic hydroxyl groups is 1. The number of phenols is 1. The maximum atomic E-state index is 11.6. The minimum absolute atomic E-state index is 0.0599. The van der Waals surface area contributed by atoms with Crippen LogP contribution in [-0.2, 0) is 0 Å². The third kappa shape index (κ3) is 2.17. The van der Waals surface area contributed by atoms with Crippen molar-refractivity contribution in [2.24, 2.45) is 0 Å². The molecule has 0 aliphatic carbocycles. The number of carbonyl (C=O) groups is 1. The van der Waals surface area contributed by atoms with Crippen LogP contribution in [0.3, 0.4) is 0 Å².